The van der Waals surface area contributed by atoms with Crippen LogP contribution in [0.5, 0.6) is 0 Å². The van der Waals surface area contributed by atoms with Crippen LogP contribution in [0.1, 0.15) is 39.7 Å². The second-order valence-corrected chi connectivity index (χ2v) is 5.55. The third kappa shape index (κ3) is 3.00. The Morgan fingerprint density at radius 1 is 1.30 bits per heavy atom. The molecule has 0 aromatic carbocycles. The van der Waals surface area contributed by atoms with Crippen LogP contribution in [0, 0.1) is 0 Å². The molecule has 0 bridgehead atoms. The smallest absolute Gasteiger partial charge is 0.354 e. The number of amides is 1. The van der Waals surface area contributed by atoms with Crippen LogP contribution in [0.4, 0.5) is 0 Å². The van der Waals surface area contributed by atoms with Crippen LogP contribution in [-0.4, -0.2) is 27.0 Å². The highest BCUT2D eigenvalue weighted by molar-refractivity contribution is 7.09. The van der Waals surface area contributed by atoms with E-state index in [4.69, 9.17) is 5.11 Å². The van der Waals surface area contributed by atoms with Crippen molar-refractivity contribution in [3.63, 3.8) is 0 Å². The van der Waals surface area contributed by atoms with Crippen molar-refractivity contribution in [1.82, 2.24) is 15.3 Å². The predicted molar refractivity (Wildman–Crippen MR) is 73.8 cm³/mol. The normalized spacial score (nSPS) is 11.1. The number of nitrogens with zero attached hydrogens (tertiary/aromatic N) is 2. The van der Waals surface area contributed by atoms with Crippen molar-refractivity contribution in [3.8, 4) is 0 Å². The Labute approximate surface area is 119 Å². The van der Waals surface area contributed by atoms with Crippen molar-refractivity contribution in [3.05, 3.63) is 46.2 Å². The predicted octanol–water partition coefficient (Wildman–Crippen LogP) is 1.90. The molecule has 0 saturated carbocycles. The fourth-order valence-corrected chi connectivity index (χ4v) is 2.35. The van der Waals surface area contributed by atoms with E-state index in [1.54, 1.807) is 6.20 Å². The van der Waals surface area contributed by atoms with Crippen molar-refractivity contribution >= 4 is 23.2 Å². The first-order valence-electron chi connectivity index (χ1n) is 5.82. The molecule has 0 spiro atoms. The van der Waals surface area contributed by atoms with Gasteiger partial charge < -0.3 is 10.4 Å². The van der Waals surface area contributed by atoms with Gasteiger partial charge in [0, 0.05) is 23.3 Å². The monoisotopic (exact) mass is 291 g/mol. The number of carboxylic acid groups (broad SMARTS) is 1. The van der Waals surface area contributed by atoms with Gasteiger partial charge in [-0.3, -0.25) is 4.79 Å². The molecule has 0 saturated heterocycles. The second-order valence-electron chi connectivity index (χ2n) is 4.65. The average Bonchev–Trinajstić information content (AvgIpc) is 2.93. The Morgan fingerprint density at radius 2 is 2.05 bits per heavy atom. The van der Waals surface area contributed by atoms with Crippen molar-refractivity contribution in [1.29, 1.82) is 0 Å². The Kier molecular flexibility index (Phi) is 3.80. The van der Waals surface area contributed by atoms with Gasteiger partial charge in [-0.15, -0.1) is 11.3 Å². The van der Waals surface area contributed by atoms with Crippen molar-refractivity contribution < 1.29 is 14.7 Å². The average molecular weight is 291 g/mol. The topological polar surface area (TPSA) is 92.2 Å². The first-order chi connectivity index (χ1) is 9.40. The fraction of sp³-hybridized carbons (Fsp3) is 0.231. The van der Waals surface area contributed by atoms with E-state index >= 15 is 0 Å². The van der Waals surface area contributed by atoms with E-state index in [1.807, 2.05) is 19.2 Å². The summed E-state index contributed by atoms with van der Waals surface area (Å²) in [7, 11) is 0. The molecule has 0 unspecified atom stereocenters. The number of hydrogen-bond donors (Lipinski definition) is 2. The molecule has 0 fully saturated rings. The van der Waals surface area contributed by atoms with Crippen LogP contribution >= 0.6 is 11.3 Å². The van der Waals surface area contributed by atoms with Crippen LogP contribution in [-0.2, 0) is 5.54 Å². The van der Waals surface area contributed by atoms with E-state index in [-0.39, 0.29) is 17.2 Å². The van der Waals surface area contributed by atoms with Gasteiger partial charge in [-0.05, 0) is 26.0 Å². The minimum Gasteiger partial charge on any atom is -0.477 e. The standard InChI is InChI=1S/C13H13N3O3S/c1-13(2,12-15-5-6-20-12)16-10(17)8-3-4-14-9(7-8)11(18)19/h3-7H,1-2H3,(H,16,17)(H,18,19). The van der Waals surface area contributed by atoms with Gasteiger partial charge in [0.2, 0.25) is 0 Å². The van der Waals surface area contributed by atoms with Gasteiger partial charge in [-0.2, -0.15) is 0 Å². The van der Waals surface area contributed by atoms with E-state index in [1.165, 1.54) is 29.7 Å². The highest BCUT2D eigenvalue weighted by Crippen LogP contribution is 2.22. The number of nitrogens with one attached hydrogen (secondary N) is 1. The number of carbonyl (C=O) groups excluding carboxylic acids is 1. The summed E-state index contributed by atoms with van der Waals surface area (Å²) in [5.41, 5.74) is -0.538. The molecule has 0 aliphatic heterocycles. The lowest BCUT2D eigenvalue weighted by Gasteiger charge is -2.23. The van der Waals surface area contributed by atoms with Crippen LogP contribution in [0.2, 0.25) is 0 Å². The summed E-state index contributed by atoms with van der Waals surface area (Å²) in [6, 6.07) is 2.72. The van der Waals surface area contributed by atoms with Crippen LogP contribution < -0.4 is 5.32 Å². The van der Waals surface area contributed by atoms with Crippen molar-refractivity contribution in [2.24, 2.45) is 0 Å². The van der Waals surface area contributed by atoms with E-state index in [9.17, 15) is 9.59 Å². The number of carboxylic acids is 1. The zero-order valence-electron chi connectivity index (χ0n) is 11.0. The van der Waals surface area contributed by atoms with Gasteiger partial charge in [-0.1, -0.05) is 0 Å². The van der Waals surface area contributed by atoms with Gasteiger partial charge >= 0.3 is 5.97 Å². The molecule has 6 nitrogen and oxygen atoms in total. The van der Waals surface area contributed by atoms with Gasteiger partial charge in [0.15, 0.2) is 0 Å². The van der Waals surface area contributed by atoms with Crippen molar-refractivity contribution in [2.75, 3.05) is 0 Å². The summed E-state index contributed by atoms with van der Waals surface area (Å²) in [5, 5.41) is 14.3. The molecule has 104 valence electrons. The number of hydrogen-bond acceptors (Lipinski definition) is 5. The SMILES string of the molecule is CC(C)(NC(=O)c1ccnc(C(=O)O)c1)c1nccs1. The van der Waals surface area contributed by atoms with E-state index in [0.29, 0.717) is 0 Å². The number of rotatable bonds is 4. The third-order valence-electron chi connectivity index (χ3n) is 2.63. The lowest BCUT2D eigenvalue weighted by atomic mass is 10.1. The fourth-order valence-electron chi connectivity index (χ4n) is 1.63. The molecule has 2 rings (SSSR count). The maximum Gasteiger partial charge on any atom is 0.354 e. The lowest BCUT2D eigenvalue weighted by molar-refractivity contribution is 0.0690. The van der Waals surface area contributed by atoms with Crippen molar-refractivity contribution in [2.45, 2.75) is 19.4 Å². The van der Waals surface area contributed by atoms with Gasteiger partial charge in [0.25, 0.3) is 5.91 Å². The summed E-state index contributed by atoms with van der Waals surface area (Å²) in [5.74, 6) is -1.53. The molecule has 2 aromatic rings. The molecule has 0 radical (unpaired) electrons. The molecule has 0 aliphatic rings. The summed E-state index contributed by atoms with van der Waals surface area (Å²) < 4.78 is 0. The lowest BCUT2D eigenvalue weighted by Crippen LogP contribution is -2.41. The largest absolute Gasteiger partial charge is 0.477 e. The number of thiazole rings is 1. The Hall–Kier alpha value is -2.28. The first kappa shape index (κ1) is 14.1. The molecule has 0 aliphatic carbocycles. The maximum absolute atomic E-state index is 12.2. The highest BCUT2D eigenvalue weighted by Gasteiger charge is 2.26. The molecule has 2 heterocycles. The quantitative estimate of drug-likeness (QED) is 0.897. The molecule has 2 N–H and O–H groups in total. The molecule has 1 amide bonds. The number of carbonyl (C=O) groups is 2. The Bertz CT molecular complexity index is 638. The molecule has 0 atom stereocenters. The number of aromatic carboxylic acids is 1. The Morgan fingerprint density at radius 3 is 2.65 bits per heavy atom. The zero-order valence-corrected chi connectivity index (χ0v) is 11.8. The molecule has 7 heteroatoms. The van der Waals surface area contributed by atoms with Crippen LogP contribution in [0.3, 0.4) is 0 Å². The molecule has 2 aromatic heterocycles. The number of aromatic nitrogens is 2. The first-order valence-corrected chi connectivity index (χ1v) is 6.70. The summed E-state index contributed by atoms with van der Waals surface area (Å²) in [4.78, 5) is 30.9. The minimum absolute atomic E-state index is 0.162. The summed E-state index contributed by atoms with van der Waals surface area (Å²) in [6.45, 7) is 3.67. The van der Waals surface area contributed by atoms with Gasteiger partial charge in [0.05, 0.1) is 5.54 Å². The van der Waals surface area contributed by atoms with E-state index in [2.05, 4.69) is 15.3 Å². The molecule has 20 heavy (non-hydrogen) atoms. The van der Waals surface area contributed by atoms with Gasteiger partial charge in [-0.25, -0.2) is 14.8 Å². The van der Waals surface area contributed by atoms with Gasteiger partial charge in [0.1, 0.15) is 10.7 Å². The second kappa shape index (κ2) is 5.38. The zero-order chi connectivity index (χ0) is 14.8. The van der Waals surface area contributed by atoms with Crippen LogP contribution in [0.15, 0.2) is 29.9 Å². The van der Waals surface area contributed by atoms with E-state index in [0.717, 1.165) is 5.01 Å². The summed E-state index contributed by atoms with van der Waals surface area (Å²) in [6.07, 6.45) is 2.97. The van der Waals surface area contributed by atoms with E-state index < -0.39 is 11.5 Å². The molecular weight excluding hydrogens is 278 g/mol. The molecular formula is C13H13N3O3S. The number of pyridine rings is 1. The maximum atomic E-state index is 12.2. The third-order valence-corrected chi connectivity index (χ3v) is 3.73. The summed E-state index contributed by atoms with van der Waals surface area (Å²) >= 11 is 1.44. The Balaban J connectivity index is 2.20. The van der Waals surface area contributed by atoms with Crippen LogP contribution in [0.25, 0.3) is 0 Å². The highest BCUT2D eigenvalue weighted by atomic mass is 32.1. The minimum atomic E-state index is -1.17.